The highest BCUT2D eigenvalue weighted by Gasteiger charge is 2.44. The molecule has 0 spiro atoms. The quantitative estimate of drug-likeness (QED) is 0.0346. The first-order valence-corrected chi connectivity index (χ1v) is 34.0. The zero-order valence-corrected chi connectivity index (χ0v) is 52.5. The lowest BCUT2D eigenvalue weighted by Gasteiger charge is -2.30. The zero-order chi connectivity index (χ0) is 56.1. The standard InChI is InChI=1S/C71H85NO4S4/c1-10-17-20-21-28-41-72-68(73)61-60-65(79-66(61)69(72)74)64(80-67(60)71(9,40-14-5)49-33-26-23-27-34-49)56-44-52-58(54-37-35-50(75-54)42-46(15-6)29-18-11-2)63-53(45-57(78-63)70(8,39-13-4)48-31-24-22-25-32-48)59(62(52)77-56)55-38-36-51(76-55)43-47(16-7)30-19-12-3/h22-27,31-38,44-47H,10-21,28-30,39-43H2,1-9H3/t46?,47?,70?,71-/m0/s1. The number of carbonyl (C=O) groups is 2. The number of unbranched alkanes of at least 4 members (excludes halogenated alkanes) is 6. The van der Waals surface area contributed by atoms with E-state index in [-0.39, 0.29) is 17.2 Å². The minimum atomic E-state index is -0.408. The van der Waals surface area contributed by atoms with Gasteiger partial charge in [0.1, 0.15) is 27.9 Å². The van der Waals surface area contributed by atoms with Gasteiger partial charge >= 0.3 is 0 Å². The molecule has 5 nitrogen and oxygen atoms in total. The summed E-state index contributed by atoms with van der Waals surface area (Å²) in [7, 11) is 0. The first-order valence-electron chi connectivity index (χ1n) is 30.7. The van der Waals surface area contributed by atoms with Crippen LogP contribution in [0.25, 0.3) is 62.7 Å². The minimum Gasteiger partial charge on any atom is -0.461 e. The third kappa shape index (κ3) is 11.2. The maximum absolute atomic E-state index is 15.0. The second-order valence-corrected chi connectivity index (χ2v) is 27.7. The Bertz CT molecular complexity index is 3430. The summed E-state index contributed by atoms with van der Waals surface area (Å²) in [5.74, 6) is 4.76. The maximum Gasteiger partial charge on any atom is 0.271 e. The van der Waals surface area contributed by atoms with Crippen molar-refractivity contribution in [2.75, 3.05) is 6.54 Å². The number of rotatable bonds is 29. The van der Waals surface area contributed by atoms with Crippen molar-refractivity contribution in [3.8, 4) is 32.4 Å². The predicted molar refractivity (Wildman–Crippen MR) is 345 cm³/mol. The molecule has 422 valence electrons. The molecule has 0 saturated carbocycles. The van der Waals surface area contributed by atoms with E-state index in [2.05, 4.69) is 159 Å². The lowest BCUT2D eigenvalue weighted by atomic mass is 9.76. The summed E-state index contributed by atoms with van der Waals surface area (Å²) < 4.78 is 17.8. The molecular weight excluding hydrogens is 1060 g/mol. The van der Waals surface area contributed by atoms with E-state index in [1.807, 2.05) is 34.0 Å². The fraction of sp³-hybridized carbons (Fsp3) is 0.465. The van der Waals surface area contributed by atoms with Crippen molar-refractivity contribution in [1.82, 2.24) is 4.90 Å². The number of furan rings is 2. The Morgan fingerprint density at radius 3 is 1.60 bits per heavy atom. The highest BCUT2D eigenvalue weighted by molar-refractivity contribution is 7.32. The molecule has 0 radical (unpaired) electrons. The molecule has 7 heterocycles. The van der Waals surface area contributed by atoms with Gasteiger partial charge in [0.2, 0.25) is 0 Å². The van der Waals surface area contributed by atoms with Crippen LogP contribution in [-0.4, -0.2) is 23.3 Å². The number of imide groups is 1. The van der Waals surface area contributed by atoms with E-state index in [1.165, 1.54) is 80.6 Å². The van der Waals surface area contributed by atoms with Crippen molar-refractivity contribution < 1.29 is 18.4 Å². The summed E-state index contributed by atoms with van der Waals surface area (Å²) >= 11 is 7.15. The smallest absolute Gasteiger partial charge is 0.271 e. The van der Waals surface area contributed by atoms with E-state index in [9.17, 15) is 9.59 Å². The van der Waals surface area contributed by atoms with Crippen LogP contribution in [-0.2, 0) is 23.7 Å². The minimum absolute atomic E-state index is 0.131. The normalized spacial score (nSPS) is 15.2. The summed E-state index contributed by atoms with van der Waals surface area (Å²) in [5, 5.41) is 3.32. The van der Waals surface area contributed by atoms with Gasteiger partial charge < -0.3 is 8.83 Å². The van der Waals surface area contributed by atoms with Crippen molar-refractivity contribution in [3.63, 3.8) is 0 Å². The van der Waals surface area contributed by atoms with Crippen molar-refractivity contribution in [2.45, 2.75) is 195 Å². The van der Waals surface area contributed by atoms with Crippen LogP contribution in [0.1, 0.15) is 224 Å². The Labute approximate surface area is 493 Å². The number of amides is 2. The number of hydrogen-bond acceptors (Lipinski definition) is 8. The molecule has 9 heteroatoms. The van der Waals surface area contributed by atoms with Crippen LogP contribution in [0.4, 0.5) is 0 Å². The Morgan fingerprint density at radius 2 is 1.04 bits per heavy atom. The molecule has 1 aliphatic rings. The van der Waals surface area contributed by atoms with E-state index in [4.69, 9.17) is 8.83 Å². The summed E-state index contributed by atoms with van der Waals surface area (Å²) in [4.78, 5) is 36.6. The van der Waals surface area contributed by atoms with Gasteiger partial charge in [-0.05, 0) is 78.6 Å². The molecule has 1 aliphatic heterocycles. The van der Waals surface area contributed by atoms with Gasteiger partial charge in [-0.15, -0.1) is 45.3 Å². The lowest BCUT2D eigenvalue weighted by Crippen LogP contribution is -2.31. The van der Waals surface area contributed by atoms with Crippen molar-refractivity contribution >= 4 is 87.4 Å². The molecule has 2 amide bonds. The molecule has 3 unspecified atom stereocenters. The van der Waals surface area contributed by atoms with E-state index in [0.717, 1.165) is 136 Å². The Hall–Kier alpha value is -5.06. The summed E-state index contributed by atoms with van der Waals surface area (Å²) in [6, 6.07) is 35.9. The molecule has 0 N–H and O–H groups in total. The SMILES string of the molecule is CCCCCCCN1C(=O)c2sc3c(-c4cc5c(-c6ccc(CC(CC)CCCC)o6)c6sc(C(C)(CCC)c7ccccc7)cc6c(-c6ccc(CC(CC)CCCC)o6)c5s4)sc([C@@](C)(CCC)c4ccccc4)c3c2C1=O. The Kier molecular flexibility index (Phi) is 18.6. The second-order valence-electron chi connectivity index (χ2n) is 23.6. The van der Waals surface area contributed by atoms with Gasteiger partial charge in [-0.25, -0.2) is 0 Å². The second kappa shape index (κ2) is 25.6. The third-order valence-corrected chi connectivity index (χ3v) is 23.4. The molecule has 3 aromatic carbocycles. The number of hydrogen-bond donors (Lipinski definition) is 0. The van der Waals surface area contributed by atoms with Crippen LogP contribution >= 0.6 is 45.3 Å². The maximum atomic E-state index is 15.0. The molecule has 10 rings (SSSR count). The molecule has 4 atom stereocenters. The average Bonchev–Trinajstić information content (AvgIpc) is 2.71. The lowest BCUT2D eigenvalue weighted by molar-refractivity contribution is 0.0653. The van der Waals surface area contributed by atoms with Gasteiger partial charge in [0.05, 0.1) is 15.1 Å². The van der Waals surface area contributed by atoms with Crippen molar-refractivity contribution in [1.29, 1.82) is 0 Å². The Morgan fingerprint density at radius 1 is 0.500 bits per heavy atom. The molecule has 9 aromatic rings. The Balaban J connectivity index is 1.25. The first-order chi connectivity index (χ1) is 38.9. The fourth-order valence-corrected chi connectivity index (χ4v) is 18.8. The highest BCUT2D eigenvalue weighted by atomic mass is 32.1. The molecule has 80 heavy (non-hydrogen) atoms. The molecule has 0 fully saturated rings. The van der Waals surface area contributed by atoms with Gasteiger partial charge in [0.25, 0.3) is 11.8 Å². The average molecular weight is 1140 g/mol. The number of nitrogens with zero attached hydrogens (tertiary/aromatic N) is 1. The van der Waals surface area contributed by atoms with Crippen LogP contribution < -0.4 is 0 Å². The van der Waals surface area contributed by atoms with E-state index in [0.29, 0.717) is 28.8 Å². The van der Waals surface area contributed by atoms with Gasteiger partial charge in [0.15, 0.2) is 0 Å². The van der Waals surface area contributed by atoms with Gasteiger partial charge in [-0.1, -0.05) is 213 Å². The van der Waals surface area contributed by atoms with Crippen molar-refractivity contribution in [3.05, 3.63) is 140 Å². The molecule has 0 saturated heterocycles. The van der Waals surface area contributed by atoms with Gasteiger partial charge in [-0.2, -0.15) is 0 Å². The van der Waals surface area contributed by atoms with E-state index >= 15 is 0 Å². The monoisotopic (exact) mass is 1140 g/mol. The van der Waals surface area contributed by atoms with Crippen LogP contribution in [0.5, 0.6) is 0 Å². The highest BCUT2D eigenvalue weighted by Crippen LogP contribution is 2.59. The molecule has 0 aliphatic carbocycles. The molecule has 6 aromatic heterocycles. The van der Waals surface area contributed by atoms with Crippen molar-refractivity contribution in [2.24, 2.45) is 11.8 Å². The van der Waals surface area contributed by atoms with E-state index < -0.39 is 5.41 Å². The largest absolute Gasteiger partial charge is 0.461 e. The number of carbonyl (C=O) groups excluding carboxylic acids is 2. The van der Waals surface area contributed by atoms with Crippen LogP contribution in [0.3, 0.4) is 0 Å². The summed E-state index contributed by atoms with van der Waals surface area (Å²) in [5.41, 5.74) is 4.81. The number of fused-ring (bicyclic) bond motifs is 5. The summed E-state index contributed by atoms with van der Waals surface area (Å²) in [6.45, 7) is 21.3. The molecular formula is C71H85NO4S4. The number of benzene rings is 3. The van der Waals surface area contributed by atoms with Gasteiger partial charge in [-0.3, -0.25) is 14.5 Å². The third-order valence-electron chi connectivity index (χ3n) is 17.9. The van der Waals surface area contributed by atoms with Crippen LogP contribution in [0, 0.1) is 11.8 Å². The van der Waals surface area contributed by atoms with Crippen LogP contribution in [0.15, 0.2) is 106 Å². The summed E-state index contributed by atoms with van der Waals surface area (Å²) in [6.07, 6.45) is 20.5. The first kappa shape index (κ1) is 58.1. The van der Waals surface area contributed by atoms with E-state index in [1.54, 1.807) is 16.2 Å². The topological polar surface area (TPSA) is 63.7 Å². The zero-order valence-electron chi connectivity index (χ0n) is 49.2. The van der Waals surface area contributed by atoms with Gasteiger partial charge in [0, 0.05) is 81.5 Å². The predicted octanol–water partition coefficient (Wildman–Crippen LogP) is 22.9. The number of thiophene rings is 4. The fourth-order valence-electron chi connectivity index (χ4n) is 13.1. The van der Waals surface area contributed by atoms with Crippen LogP contribution in [0.2, 0.25) is 0 Å². The molecule has 0 bridgehead atoms.